The molecule has 0 saturated carbocycles. The summed E-state index contributed by atoms with van der Waals surface area (Å²) in [6.07, 6.45) is 5.54. The second-order valence-electron chi connectivity index (χ2n) is 4.21. The van der Waals surface area contributed by atoms with Crippen molar-refractivity contribution in [2.45, 2.75) is 19.8 Å². The zero-order valence-electron chi connectivity index (χ0n) is 10.5. The highest BCUT2D eigenvalue weighted by atomic mass is 32.1. The van der Waals surface area contributed by atoms with Gasteiger partial charge in [-0.3, -0.25) is 14.4 Å². The van der Waals surface area contributed by atoms with Crippen molar-refractivity contribution in [3.05, 3.63) is 23.7 Å². The fourth-order valence-electron chi connectivity index (χ4n) is 1.75. The van der Waals surface area contributed by atoms with Crippen molar-refractivity contribution in [2.24, 2.45) is 7.05 Å². The third-order valence-electron chi connectivity index (χ3n) is 2.72. The highest BCUT2D eigenvalue weighted by Crippen LogP contribution is 2.13. The molecule has 1 aliphatic heterocycles. The van der Waals surface area contributed by atoms with Crippen LogP contribution in [0.1, 0.15) is 25.5 Å². The van der Waals surface area contributed by atoms with Crippen LogP contribution >= 0.6 is 12.2 Å². The molecule has 1 amide bonds. The van der Waals surface area contributed by atoms with Gasteiger partial charge in [0.25, 0.3) is 5.91 Å². The van der Waals surface area contributed by atoms with Gasteiger partial charge in [-0.15, -0.1) is 0 Å². The van der Waals surface area contributed by atoms with Gasteiger partial charge in [-0.2, -0.15) is 5.10 Å². The van der Waals surface area contributed by atoms with Crippen LogP contribution in [0.5, 0.6) is 0 Å². The second-order valence-corrected chi connectivity index (χ2v) is 4.60. The molecule has 1 aromatic heterocycles. The molecule has 2 rings (SSSR count). The van der Waals surface area contributed by atoms with Crippen LogP contribution in [0.3, 0.4) is 0 Å². The van der Waals surface area contributed by atoms with E-state index in [1.165, 1.54) is 0 Å². The lowest BCUT2D eigenvalue weighted by Crippen LogP contribution is -2.31. The number of nitrogens with zero attached hydrogens (tertiary/aromatic N) is 3. The molecule has 18 heavy (non-hydrogen) atoms. The Hall–Kier alpha value is -1.69. The number of carbonyl (C=O) groups excluding carboxylic acids is 1. The molecule has 0 bridgehead atoms. The molecule has 1 fully saturated rings. The molecule has 1 aliphatic rings. The molecule has 96 valence electrons. The molecular formula is C12H16N4OS. The summed E-state index contributed by atoms with van der Waals surface area (Å²) in [6, 6.07) is 1.85. The summed E-state index contributed by atoms with van der Waals surface area (Å²) < 4.78 is 1.69. The average molecular weight is 264 g/mol. The molecule has 1 saturated heterocycles. The van der Waals surface area contributed by atoms with E-state index in [-0.39, 0.29) is 5.91 Å². The SMILES string of the molecule is CCCCN1C(=O)C(=Cc2ccn(C)n2)NC1=S. The van der Waals surface area contributed by atoms with E-state index in [1.807, 2.05) is 19.3 Å². The highest BCUT2D eigenvalue weighted by Gasteiger charge is 2.29. The summed E-state index contributed by atoms with van der Waals surface area (Å²) in [6.45, 7) is 2.75. The Balaban J connectivity index is 2.14. The van der Waals surface area contributed by atoms with Crippen molar-refractivity contribution < 1.29 is 4.79 Å². The predicted octanol–water partition coefficient (Wildman–Crippen LogP) is 1.28. The molecule has 1 aromatic rings. The van der Waals surface area contributed by atoms with Gasteiger partial charge in [0.05, 0.1) is 5.69 Å². The molecule has 1 N–H and O–H groups in total. The van der Waals surface area contributed by atoms with Crippen LogP contribution in [0.15, 0.2) is 18.0 Å². The molecule has 2 heterocycles. The Kier molecular flexibility index (Phi) is 3.76. The standard InChI is InChI=1S/C12H16N4OS/c1-3-4-6-16-11(17)10(13-12(16)18)8-9-5-7-15(2)14-9/h5,7-8H,3-4,6H2,1-2H3,(H,13,18). The first-order valence-corrected chi connectivity index (χ1v) is 6.37. The Bertz CT molecular complexity index is 506. The van der Waals surface area contributed by atoms with Crippen molar-refractivity contribution in [2.75, 3.05) is 6.54 Å². The van der Waals surface area contributed by atoms with E-state index in [4.69, 9.17) is 12.2 Å². The first kappa shape index (κ1) is 12.8. The minimum absolute atomic E-state index is 0.0703. The number of thiocarbonyl (C=S) groups is 1. The van der Waals surface area contributed by atoms with Gasteiger partial charge in [0.15, 0.2) is 5.11 Å². The van der Waals surface area contributed by atoms with E-state index in [2.05, 4.69) is 17.3 Å². The van der Waals surface area contributed by atoms with Crippen molar-refractivity contribution >= 4 is 29.3 Å². The maximum atomic E-state index is 12.1. The number of amides is 1. The molecule has 0 atom stereocenters. The van der Waals surface area contributed by atoms with Crippen LogP contribution in [-0.2, 0) is 11.8 Å². The Morgan fingerprint density at radius 3 is 2.94 bits per heavy atom. The Labute approximate surface area is 111 Å². The Morgan fingerprint density at radius 1 is 1.56 bits per heavy atom. The molecule has 5 nitrogen and oxygen atoms in total. The number of rotatable bonds is 4. The van der Waals surface area contributed by atoms with Gasteiger partial charge in [0.1, 0.15) is 5.70 Å². The number of hydrogen-bond acceptors (Lipinski definition) is 3. The number of aryl methyl sites for hydroxylation is 1. The average Bonchev–Trinajstić information content (AvgIpc) is 2.84. The van der Waals surface area contributed by atoms with Crippen LogP contribution in [0.4, 0.5) is 0 Å². The maximum Gasteiger partial charge on any atom is 0.276 e. The lowest BCUT2D eigenvalue weighted by atomic mass is 10.3. The lowest BCUT2D eigenvalue weighted by molar-refractivity contribution is -0.122. The van der Waals surface area contributed by atoms with E-state index in [0.717, 1.165) is 18.5 Å². The van der Waals surface area contributed by atoms with Crippen LogP contribution in [0, 0.1) is 0 Å². The first-order chi connectivity index (χ1) is 8.61. The number of hydrogen-bond donors (Lipinski definition) is 1. The molecular weight excluding hydrogens is 248 g/mol. The fraction of sp³-hybridized carbons (Fsp3) is 0.417. The number of carbonyl (C=O) groups is 1. The molecule has 0 aliphatic carbocycles. The molecule has 0 spiro atoms. The molecule has 6 heteroatoms. The van der Waals surface area contributed by atoms with Gasteiger partial charge in [-0.25, -0.2) is 0 Å². The molecule has 0 aromatic carbocycles. The van der Waals surface area contributed by atoms with Gasteiger partial charge >= 0.3 is 0 Å². The van der Waals surface area contributed by atoms with Crippen molar-refractivity contribution in [3.63, 3.8) is 0 Å². The predicted molar refractivity (Wildman–Crippen MR) is 73.5 cm³/mol. The van der Waals surface area contributed by atoms with Crippen LogP contribution in [-0.4, -0.2) is 32.2 Å². The zero-order chi connectivity index (χ0) is 13.1. The van der Waals surface area contributed by atoms with Gasteiger partial charge in [-0.1, -0.05) is 13.3 Å². The minimum Gasteiger partial charge on any atom is -0.328 e. The lowest BCUT2D eigenvalue weighted by Gasteiger charge is -2.12. The van der Waals surface area contributed by atoms with Gasteiger partial charge in [-0.05, 0) is 30.8 Å². The summed E-state index contributed by atoms with van der Waals surface area (Å²) in [5.41, 5.74) is 1.24. The molecule has 0 unspecified atom stereocenters. The monoisotopic (exact) mass is 264 g/mol. The third-order valence-corrected chi connectivity index (χ3v) is 3.05. The fourth-order valence-corrected chi connectivity index (χ4v) is 2.03. The number of aromatic nitrogens is 2. The van der Waals surface area contributed by atoms with Crippen LogP contribution < -0.4 is 5.32 Å². The summed E-state index contributed by atoms with van der Waals surface area (Å²) in [7, 11) is 1.84. The smallest absolute Gasteiger partial charge is 0.276 e. The van der Waals surface area contributed by atoms with Gasteiger partial charge < -0.3 is 5.32 Å². The summed E-state index contributed by atoms with van der Waals surface area (Å²) >= 11 is 5.16. The maximum absolute atomic E-state index is 12.1. The van der Waals surface area contributed by atoms with Crippen molar-refractivity contribution in [3.8, 4) is 0 Å². The van der Waals surface area contributed by atoms with Crippen LogP contribution in [0.2, 0.25) is 0 Å². The van der Waals surface area contributed by atoms with E-state index < -0.39 is 0 Å². The van der Waals surface area contributed by atoms with E-state index in [0.29, 0.717) is 17.4 Å². The largest absolute Gasteiger partial charge is 0.328 e. The van der Waals surface area contributed by atoms with E-state index in [9.17, 15) is 4.79 Å². The topological polar surface area (TPSA) is 50.2 Å². The minimum atomic E-state index is -0.0703. The van der Waals surface area contributed by atoms with Crippen molar-refractivity contribution in [1.29, 1.82) is 0 Å². The number of unbranched alkanes of at least 4 members (excludes halogenated alkanes) is 1. The quantitative estimate of drug-likeness (QED) is 0.657. The van der Waals surface area contributed by atoms with Crippen LogP contribution in [0.25, 0.3) is 6.08 Å². The molecule has 0 radical (unpaired) electrons. The second kappa shape index (κ2) is 5.30. The van der Waals surface area contributed by atoms with E-state index in [1.54, 1.807) is 15.7 Å². The van der Waals surface area contributed by atoms with Gasteiger partial charge in [0.2, 0.25) is 0 Å². The van der Waals surface area contributed by atoms with E-state index >= 15 is 0 Å². The first-order valence-electron chi connectivity index (χ1n) is 5.96. The highest BCUT2D eigenvalue weighted by molar-refractivity contribution is 7.80. The van der Waals surface area contributed by atoms with Crippen molar-refractivity contribution in [1.82, 2.24) is 20.0 Å². The summed E-state index contributed by atoms with van der Waals surface area (Å²) in [5.74, 6) is -0.0703. The Morgan fingerprint density at radius 2 is 2.33 bits per heavy atom. The summed E-state index contributed by atoms with van der Waals surface area (Å²) in [4.78, 5) is 13.7. The normalized spacial score (nSPS) is 17.7. The summed E-state index contributed by atoms with van der Waals surface area (Å²) in [5, 5.41) is 7.63. The number of nitrogens with one attached hydrogen (secondary N) is 1. The third kappa shape index (κ3) is 2.59. The zero-order valence-corrected chi connectivity index (χ0v) is 11.3. The van der Waals surface area contributed by atoms with Gasteiger partial charge in [0, 0.05) is 19.8 Å².